The van der Waals surface area contributed by atoms with Gasteiger partial charge in [0.2, 0.25) is 0 Å². The molecule has 0 N–H and O–H groups in total. The summed E-state index contributed by atoms with van der Waals surface area (Å²) in [5.41, 5.74) is 1.74. The zero-order chi connectivity index (χ0) is 15.7. The van der Waals surface area contributed by atoms with Gasteiger partial charge in [0.05, 0.1) is 0 Å². The van der Waals surface area contributed by atoms with Crippen molar-refractivity contribution in [3.05, 3.63) is 63.8 Å². The average molecular weight is 364 g/mol. The Labute approximate surface area is 173 Å². The van der Waals surface area contributed by atoms with Crippen molar-refractivity contribution in [2.24, 2.45) is 0 Å². The molecule has 0 aliphatic carbocycles. The van der Waals surface area contributed by atoms with Crippen molar-refractivity contribution in [1.29, 1.82) is 0 Å². The van der Waals surface area contributed by atoms with Crippen molar-refractivity contribution in [1.82, 2.24) is 0 Å². The minimum absolute atomic E-state index is 0. The normalized spacial score (nSPS) is 11.7. The quantitative estimate of drug-likeness (QED) is 0.702. The number of nitrogens with zero attached hydrogens (tertiary/aromatic N) is 1. The van der Waals surface area contributed by atoms with Crippen LogP contribution in [0, 0.1) is 13.8 Å². The summed E-state index contributed by atoms with van der Waals surface area (Å²) in [6.45, 7) is 3.60. The summed E-state index contributed by atoms with van der Waals surface area (Å²) in [4.78, 5) is -0.299. The van der Waals surface area contributed by atoms with Gasteiger partial charge in [0.1, 0.15) is 20.0 Å². The molecule has 0 aliphatic heterocycles. The molecule has 0 unspecified atom stereocenters. The Kier molecular flexibility index (Phi) is 6.97. The van der Waals surface area contributed by atoms with Crippen LogP contribution in [0.3, 0.4) is 0 Å². The number of hydrogen-bond acceptors (Lipinski definition) is 4. The van der Waals surface area contributed by atoms with Crippen LogP contribution in [0.25, 0.3) is 4.13 Å². The van der Waals surface area contributed by atoms with Gasteiger partial charge in [0, 0.05) is 9.79 Å². The van der Waals surface area contributed by atoms with E-state index in [0.29, 0.717) is 0 Å². The Bertz CT molecular complexity index is 769. The van der Waals surface area contributed by atoms with Gasteiger partial charge in [0.25, 0.3) is 0 Å². The maximum Gasteiger partial charge on any atom is 1.00 e. The van der Waals surface area contributed by atoms with Gasteiger partial charge in [-0.25, -0.2) is 16.8 Å². The molecule has 2 aromatic carbocycles. The van der Waals surface area contributed by atoms with E-state index in [9.17, 15) is 16.8 Å². The van der Waals surface area contributed by atoms with E-state index >= 15 is 0 Å². The molecule has 0 heterocycles. The third-order valence-corrected chi connectivity index (χ3v) is 6.14. The Morgan fingerprint density at radius 1 is 0.636 bits per heavy atom. The molecule has 0 radical (unpaired) electrons. The number of hydrogen-bond donors (Lipinski definition) is 0. The Hall–Kier alpha value is -0.0636. The second kappa shape index (κ2) is 7.67. The van der Waals surface area contributed by atoms with Crippen molar-refractivity contribution in [3.63, 3.8) is 0 Å². The maximum absolute atomic E-state index is 12.1. The molecule has 0 fully saturated rings. The van der Waals surface area contributed by atoms with Crippen LogP contribution in [0.2, 0.25) is 0 Å². The molecule has 0 bridgehead atoms. The molecule has 0 aromatic heterocycles. The molecule has 22 heavy (non-hydrogen) atoms. The van der Waals surface area contributed by atoms with Gasteiger partial charge in [0.15, 0.2) is 0 Å². The zero-order valence-corrected chi connectivity index (χ0v) is 17.3. The summed E-state index contributed by atoms with van der Waals surface area (Å²) in [6, 6.07) is 11.7. The fraction of sp³-hybridized carbons (Fsp3) is 0.143. The summed E-state index contributed by atoms with van der Waals surface area (Å²) < 4.78 is 51.3. The number of aryl methyl sites for hydroxylation is 2. The first-order valence-corrected chi connectivity index (χ1v) is 8.96. The standard InChI is InChI=1S/C14H14NO4S2.K/c1-11-3-7-13(8-4-11)20(16,17)15-21(18,19)14-9-5-12(2)6-10-14;/h3-10H,1-2H3;/q-1;+1. The molecular formula is C14H14KNO4S2. The van der Waals surface area contributed by atoms with E-state index < -0.39 is 20.0 Å². The van der Waals surface area contributed by atoms with Gasteiger partial charge in [-0.2, -0.15) is 0 Å². The first-order chi connectivity index (χ1) is 9.71. The molecule has 0 aliphatic rings. The molecule has 2 rings (SSSR count). The Morgan fingerprint density at radius 2 is 0.909 bits per heavy atom. The molecule has 112 valence electrons. The van der Waals surface area contributed by atoms with Crippen molar-refractivity contribution in [3.8, 4) is 0 Å². The molecule has 8 heteroatoms. The minimum Gasteiger partial charge on any atom is -0.428 e. The molecule has 0 saturated heterocycles. The summed E-state index contributed by atoms with van der Waals surface area (Å²) in [7, 11) is -8.51. The van der Waals surface area contributed by atoms with Crippen LogP contribution in [0.1, 0.15) is 11.1 Å². The average Bonchev–Trinajstić information content (AvgIpc) is 2.38. The molecule has 0 spiro atoms. The van der Waals surface area contributed by atoms with Gasteiger partial charge in [-0.3, -0.25) is 0 Å². The molecule has 5 nitrogen and oxygen atoms in total. The molecule has 0 atom stereocenters. The number of benzene rings is 2. The van der Waals surface area contributed by atoms with Crippen molar-refractivity contribution >= 4 is 20.0 Å². The van der Waals surface area contributed by atoms with Crippen LogP contribution >= 0.6 is 0 Å². The van der Waals surface area contributed by atoms with E-state index in [1.807, 2.05) is 0 Å². The summed E-state index contributed by atoms with van der Waals surface area (Å²) in [6.07, 6.45) is 0. The van der Waals surface area contributed by atoms with E-state index in [4.69, 9.17) is 0 Å². The van der Waals surface area contributed by atoms with Crippen molar-refractivity contribution in [2.45, 2.75) is 23.6 Å². The monoisotopic (exact) mass is 363 g/mol. The van der Waals surface area contributed by atoms with E-state index in [1.54, 1.807) is 38.1 Å². The largest absolute Gasteiger partial charge is 1.00 e. The van der Waals surface area contributed by atoms with Crippen LogP contribution in [0.15, 0.2) is 58.3 Å². The third kappa shape index (κ3) is 4.97. The SMILES string of the molecule is Cc1ccc(S(=O)(=O)[N-]S(=O)(=O)c2ccc(C)cc2)cc1.[K+]. The molecular weight excluding hydrogens is 349 g/mol. The molecule has 0 saturated carbocycles. The maximum atomic E-state index is 12.1. The first kappa shape index (κ1) is 20.0. The number of rotatable bonds is 4. The number of sulfonamides is 2. The van der Waals surface area contributed by atoms with Crippen molar-refractivity contribution in [2.75, 3.05) is 0 Å². The second-order valence-electron chi connectivity index (χ2n) is 4.65. The van der Waals surface area contributed by atoms with Crippen LogP contribution in [0.5, 0.6) is 0 Å². The van der Waals surface area contributed by atoms with Crippen LogP contribution in [-0.4, -0.2) is 16.8 Å². The minimum atomic E-state index is -4.26. The fourth-order valence-corrected chi connectivity index (χ4v) is 4.32. The van der Waals surface area contributed by atoms with Gasteiger partial charge in [-0.1, -0.05) is 35.4 Å². The van der Waals surface area contributed by atoms with E-state index in [2.05, 4.69) is 4.13 Å². The predicted octanol–water partition coefficient (Wildman–Crippen LogP) is -0.241. The summed E-state index contributed by atoms with van der Waals surface area (Å²) in [5.74, 6) is 0. The van der Waals surface area contributed by atoms with E-state index in [1.165, 1.54) is 24.3 Å². The smallest absolute Gasteiger partial charge is 0.428 e. The zero-order valence-electron chi connectivity index (χ0n) is 12.5. The van der Waals surface area contributed by atoms with Crippen LogP contribution in [-0.2, 0) is 20.0 Å². The van der Waals surface area contributed by atoms with Gasteiger partial charge in [-0.15, -0.1) is 0 Å². The third-order valence-electron chi connectivity index (χ3n) is 2.83. The summed E-state index contributed by atoms with van der Waals surface area (Å²) in [5, 5.41) is 0. The van der Waals surface area contributed by atoms with E-state index in [-0.39, 0.29) is 61.2 Å². The molecule has 2 aromatic rings. The van der Waals surface area contributed by atoms with Gasteiger partial charge >= 0.3 is 51.4 Å². The Morgan fingerprint density at radius 3 is 1.18 bits per heavy atom. The van der Waals surface area contributed by atoms with Crippen LogP contribution in [0.4, 0.5) is 0 Å². The van der Waals surface area contributed by atoms with E-state index in [0.717, 1.165) is 11.1 Å². The first-order valence-electron chi connectivity index (χ1n) is 6.08. The topological polar surface area (TPSA) is 82.4 Å². The summed E-state index contributed by atoms with van der Waals surface area (Å²) >= 11 is 0. The van der Waals surface area contributed by atoms with Gasteiger partial charge < -0.3 is 4.13 Å². The Balaban J connectivity index is 0.00000242. The van der Waals surface area contributed by atoms with Gasteiger partial charge in [-0.05, 0) is 38.1 Å². The second-order valence-corrected chi connectivity index (χ2v) is 8.09. The van der Waals surface area contributed by atoms with Crippen molar-refractivity contribution < 1.29 is 68.2 Å². The predicted molar refractivity (Wildman–Crippen MR) is 80.1 cm³/mol. The van der Waals surface area contributed by atoms with Crippen LogP contribution < -0.4 is 51.4 Å². The fourth-order valence-electron chi connectivity index (χ4n) is 1.64. The molecule has 0 amide bonds.